The number of hydrogen-bond acceptors (Lipinski definition) is 4. The minimum absolute atomic E-state index is 0. The lowest BCUT2D eigenvalue weighted by Crippen LogP contribution is -2.28. The van der Waals surface area contributed by atoms with Crippen molar-refractivity contribution in [2.24, 2.45) is 5.92 Å². The van der Waals surface area contributed by atoms with Gasteiger partial charge in [-0.1, -0.05) is 11.3 Å². The molecule has 2 aromatic rings. The van der Waals surface area contributed by atoms with Crippen molar-refractivity contribution in [3.63, 3.8) is 0 Å². The van der Waals surface area contributed by atoms with Crippen LogP contribution in [0.5, 0.6) is 0 Å². The summed E-state index contributed by atoms with van der Waals surface area (Å²) < 4.78 is 15.6. The van der Waals surface area contributed by atoms with Gasteiger partial charge in [0.15, 0.2) is 0 Å². The number of halogens is 2. The summed E-state index contributed by atoms with van der Waals surface area (Å²) in [7, 11) is 0. The summed E-state index contributed by atoms with van der Waals surface area (Å²) in [6.07, 6.45) is 3.78. The average Bonchev–Trinajstić information content (AvgIpc) is 3.21. The Hall–Kier alpha value is -1.99. The molecule has 1 unspecified atom stereocenters. The summed E-state index contributed by atoms with van der Waals surface area (Å²) in [5, 5.41) is 13.9. The molecule has 0 aliphatic carbocycles. The van der Waals surface area contributed by atoms with Gasteiger partial charge in [0.25, 0.3) is 5.91 Å². The van der Waals surface area contributed by atoms with E-state index in [0.717, 1.165) is 37.2 Å². The average molecular weight is 368 g/mol. The number of amides is 1. The Bertz CT molecular complexity index is 715. The van der Waals surface area contributed by atoms with E-state index in [4.69, 9.17) is 0 Å². The monoisotopic (exact) mass is 367 g/mol. The molecule has 6 nitrogen and oxygen atoms in total. The Balaban J connectivity index is 0.00000225. The number of benzene rings is 1. The summed E-state index contributed by atoms with van der Waals surface area (Å²) in [5.74, 6) is -0.324. The summed E-state index contributed by atoms with van der Waals surface area (Å²) in [6, 6.07) is 4.82. The van der Waals surface area contributed by atoms with Crippen molar-refractivity contribution < 1.29 is 9.18 Å². The highest BCUT2D eigenvalue weighted by molar-refractivity contribution is 5.94. The number of carbonyl (C=O) groups excluding carboxylic acids is 1. The van der Waals surface area contributed by atoms with Crippen molar-refractivity contribution >= 4 is 18.3 Å². The van der Waals surface area contributed by atoms with Gasteiger partial charge in [0, 0.05) is 12.7 Å². The lowest BCUT2D eigenvalue weighted by molar-refractivity contribution is 0.0947. The number of aromatic nitrogens is 3. The predicted octanol–water partition coefficient (Wildman–Crippen LogP) is 1.73. The van der Waals surface area contributed by atoms with Gasteiger partial charge in [-0.05, 0) is 56.5 Å². The van der Waals surface area contributed by atoms with Crippen molar-refractivity contribution in [1.82, 2.24) is 25.6 Å². The SMILES string of the molecule is Cc1cn(CCNC(=O)c2cc(CC3CCNC3)ccc2F)nn1.Cl. The molecule has 0 radical (unpaired) electrons. The zero-order valence-corrected chi connectivity index (χ0v) is 15.0. The number of nitrogens with zero attached hydrogens (tertiary/aromatic N) is 3. The third kappa shape index (κ3) is 5.24. The number of carbonyl (C=O) groups is 1. The maximum atomic E-state index is 14.0. The van der Waals surface area contributed by atoms with Gasteiger partial charge in [0.2, 0.25) is 0 Å². The summed E-state index contributed by atoms with van der Waals surface area (Å²) in [6.45, 7) is 4.74. The molecule has 1 amide bonds. The molecule has 136 valence electrons. The van der Waals surface area contributed by atoms with E-state index in [1.807, 2.05) is 6.92 Å². The molecule has 1 aromatic carbocycles. The van der Waals surface area contributed by atoms with E-state index >= 15 is 0 Å². The lowest BCUT2D eigenvalue weighted by atomic mass is 9.97. The number of nitrogens with one attached hydrogen (secondary N) is 2. The number of hydrogen-bond donors (Lipinski definition) is 2. The van der Waals surface area contributed by atoms with Crippen LogP contribution in [-0.4, -0.2) is 40.5 Å². The Morgan fingerprint density at radius 3 is 3.00 bits per heavy atom. The summed E-state index contributed by atoms with van der Waals surface area (Å²) >= 11 is 0. The van der Waals surface area contributed by atoms with Crippen LogP contribution >= 0.6 is 12.4 Å². The van der Waals surface area contributed by atoms with Gasteiger partial charge in [-0.3, -0.25) is 9.48 Å². The third-order valence-electron chi connectivity index (χ3n) is 4.24. The molecular formula is C17H23ClFN5O. The smallest absolute Gasteiger partial charge is 0.254 e. The van der Waals surface area contributed by atoms with Crippen LogP contribution in [0.3, 0.4) is 0 Å². The van der Waals surface area contributed by atoms with E-state index in [1.165, 1.54) is 6.07 Å². The highest BCUT2D eigenvalue weighted by Crippen LogP contribution is 2.18. The van der Waals surface area contributed by atoms with Gasteiger partial charge in [-0.2, -0.15) is 0 Å². The Kier molecular flexibility index (Phi) is 6.90. The fourth-order valence-electron chi connectivity index (χ4n) is 2.98. The van der Waals surface area contributed by atoms with Crippen LogP contribution < -0.4 is 10.6 Å². The van der Waals surface area contributed by atoms with Crippen LogP contribution in [0.4, 0.5) is 4.39 Å². The Labute approximate surface area is 152 Å². The van der Waals surface area contributed by atoms with Gasteiger partial charge in [0.05, 0.1) is 17.8 Å². The topological polar surface area (TPSA) is 71.8 Å². The molecule has 0 spiro atoms. The minimum atomic E-state index is -0.489. The third-order valence-corrected chi connectivity index (χ3v) is 4.24. The molecule has 3 rings (SSSR count). The van der Waals surface area contributed by atoms with Crippen LogP contribution in [0, 0.1) is 18.7 Å². The van der Waals surface area contributed by atoms with Gasteiger partial charge in [-0.25, -0.2) is 4.39 Å². The Morgan fingerprint density at radius 2 is 2.32 bits per heavy atom. The van der Waals surface area contributed by atoms with Gasteiger partial charge in [-0.15, -0.1) is 17.5 Å². The van der Waals surface area contributed by atoms with E-state index in [9.17, 15) is 9.18 Å². The van der Waals surface area contributed by atoms with Crippen LogP contribution in [0.1, 0.15) is 28.0 Å². The molecule has 2 N–H and O–H groups in total. The fourth-order valence-corrected chi connectivity index (χ4v) is 2.98. The Morgan fingerprint density at radius 1 is 1.48 bits per heavy atom. The molecule has 8 heteroatoms. The maximum Gasteiger partial charge on any atom is 0.254 e. The van der Waals surface area contributed by atoms with Crippen molar-refractivity contribution in [3.05, 3.63) is 47.0 Å². The van der Waals surface area contributed by atoms with Gasteiger partial charge >= 0.3 is 0 Å². The molecule has 0 bridgehead atoms. The molecule has 1 atom stereocenters. The molecule has 1 saturated heterocycles. The van der Waals surface area contributed by atoms with Crippen LogP contribution in [0.25, 0.3) is 0 Å². The highest BCUT2D eigenvalue weighted by atomic mass is 35.5. The first-order chi connectivity index (χ1) is 11.6. The number of aryl methyl sites for hydroxylation is 1. The van der Waals surface area contributed by atoms with E-state index in [0.29, 0.717) is 19.0 Å². The molecule has 1 fully saturated rings. The maximum absolute atomic E-state index is 14.0. The van der Waals surface area contributed by atoms with Crippen LogP contribution in [0.2, 0.25) is 0 Å². The number of rotatable bonds is 6. The largest absolute Gasteiger partial charge is 0.350 e. The zero-order chi connectivity index (χ0) is 16.9. The second-order valence-electron chi connectivity index (χ2n) is 6.26. The molecule has 0 saturated carbocycles. The van der Waals surface area contributed by atoms with Crippen LogP contribution in [0.15, 0.2) is 24.4 Å². The molecule has 25 heavy (non-hydrogen) atoms. The molecular weight excluding hydrogens is 345 g/mol. The van der Waals surface area contributed by atoms with Crippen molar-refractivity contribution in [3.8, 4) is 0 Å². The first-order valence-corrected chi connectivity index (χ1v) is 8.26. The molecule has 1 aliphatic rings. The normalized spacial score (nSPS) is 16.5. The molecule has 1 aliphatic heterocycles. The van der Waals surface area contributed by atoms with E-state index in [-0.39, 0.29) is 18.0 Å². The second-order valence-corrected chi connectivity index (χ2v) is 6.26. The van der Waals surface area contributed by atoms with Gasteiger partial charge < -0.3 is 10.6 Å². The summed E-state index contributed by atoms with van der Waals surface area (Å²) in [5.41, 5.74) is 1.93. The van der Waals surface area contributed by atoms with Crippen LogP contribution in [-0.2, 0) is 13.0 Å². The first kappa shape index (κ1) is 19.3. The van der Waals surface area contributed by atoms with E-state index in [2.05, 4.69) is 20.9 Å². The first-order valence-electron chi connectivity index (χ1n) is 8.26. The second kappa shape index (κ2) is 8.92. The molecule has 1 aromatic heterocycles. The van der Waals surface area contributed by atoms with Gasteiger partial charge in [0.1, 0.15) is 5.82 Å². The lowest BCUT2D eigenvalue weighted by Gasteiger charge is -2.11. The predicted molar refractivity (Wildman–Crippen MR) is 95.4 cm³/mol. The van der Waals surface area contributed by atoms with Crippen molar-refractivity contribution in [2.45, 2.75) is 26.3 Å². The zero-order valence-electron chi connectivity index (χ0n) is 14.2. The standard InChI is InChI=1S/C17H22FN5O.ClH/c1-12-11-23(22-21-12)7-6-20-17(24)15-9-13(2-3-16(15)18)8-14-4-5-19-10-14;/h2-3,9,11,14,19H,4-8,10H2,1H3,(H,20,24);1H. The quantitative estimate of drug-likeness (QED) is 0.815. The van der Waals surface area contributed by atoms with E-state index < -0.39 is 11.7 Å². The highest BCUT2D eigenvalue weighted by Gasteiger charge is 2.17. The van der Waals surface area contributed by atoms with Crippen molar-refractivity contribution in [1.29, 1.82) is 0 Å². The minimum Gasteiger partial charge on any atom is -0.350 e. The summed E-state index contributed by atoms with van der Waals surface area (Å²) in [4.78, 5) is 12.2. The van der Waals surface area contributed by atoms with Crippen molar-refractivity contribution in [2.75, 3.05) is 19.6 Å². The fraction of sp³-hybridized carbons (Fsp3) is 0.471. The molecule has 2 heterocycles. The van der Waals surface area contributed by atoms with E-state index in [1.54, 1.807) is 23.0 Å².